The second kappa shape index (κ2) is 8.12. The van der Waals surface area contributed by atoms with Gasteiger partial charge in [-0.25, -0.2) is 4.79 Å². The van der Waals surface area contributed by atoms with Gasteiger partial charge in [0.05, 0.1) is 10.9 Å². The average Bonchev–Trinajstić information content (AvgIpc) is 2.75. The molecule has 0 radical (unpaired) electrons. The number of carbonyl (C=O) groups is 1. The standard InChI is InChI=1S/C28H26O4/c1-17-7-6-8-20(15-17)27(30)32-26-24(29)22-16-18(2)9-14-23(22)31-25(26)19-10-12-21(13-11-19)28(3,4)5/h6-16H,1-5H3. The van der Waals surface area contributed by atoms with Crippen molar-refractivity contribution in [2.24, 2.45) is 0 Å². The van der Waals surface area contributed by atoms with Crippen LogP contribution in [0.1, 0.15) is 47.8 Å². The van der Waals surface area contributed by atoms with Crippen molar-refractivity contribution in [3.63, 3.8) is 0 Å². The van der Waals surface area contributed by atoms with Crippen LogP contribution in [0, 0.1) is 13.8 Å². The predicted molar refractivity (Wildman–Crippen MR) is 127 cm³/mol. The molecule has 0 saturated carbocycles. The van der Waals surface area contributed by atoms with Crippen molar-refractivity contribution in [1.82, 2.24) is 0 Å². The van der Waals surface area contributed by atoms with Crippen molar-refractivity contribution in [3.05, 3.63) is 99.2 Å². The molecule has 0 aliphatic rings. The first-order chi connectivity index (χ1) is 15.1. The first-order valence-electron chi connectivity index (χ1n) is 10.6. The van der Waals surface area contributed by atoms with Crippen molar-refractivity contribution in [3.8, 4) is 17.1 Å². The third kappa shape index (κ3) is 4.22. The Morgan fingerprint density at radius 2 is 1.56 bits per heavy atom. The fourth-order valence-electron chi connectivity index (χ4n) is 3.62. The molecule has 4 aromatic rings. The maximum absolute atomic E-state index is 13.4. The van der Waals surface area contributed by atoms with Gasteiger partial charge in [-0.2, -0.15) is 0 Å². The van der Waals surface area contributed by atoms with Crippen LogP contribution in [0.5, 0.6) is 5.75 Å². The molecule has 1 aromatic heterocycles. The number of aryl methyl sites for hydroxylation is 2. The van der Waals surface area contributed by atoms with E-state index in [1.807, 2.05) is 50.2 Å². The summed E-state index contributed by atoms with van der Waals surface area (Å²) >= 11 is 0. The van der Waals surface area contributed by atoms with E-state index >= 15 is 0 Å². The van der Waals surface area contributed by atoms with Crippen molar-refractivity contribution in [2.45, 2.75) is 40.0 Å². The lowest BCUT2D eigenvalue weighted by molar-refractivity contribution is 0.0731. The molecule has 0 aliphatic carbocycles. The van der Waals surface area contributed by atoms with Crippen LogP contribution in [0.15, 0.2) is 75.9 Å². The van der Waals surface area contributed by atoms with Gasteiger partial charge in [-0.3, -0.25) is 4.79 Å². The summed E-state index contributed by atoms with van der Waals surface area (Å²) in [4.78, 5) is 26.3. The monoisotopic (exact) mass is 426 g/mol. The van der Waals surface area contributed by atoms with E-state index in [4.69, 9.17) is 9.15 Å². The molecule has 0 atom stereocenters. The number of hydrogen-bond donors (Lipinski definition) is 0. The van der Waals surface area contributed by atoms with E-state index in [1.54, 1.807) is 30.3 Å². The van der Waals surface area contributed by atoms with Crippen LogP contribution in [0.2, 0.25) is 0 Å². The lowest BCUT2D eigenvalue weighted by Gasteiger charge is -2.19. The minimum absolute atomic E-state index is 0.0132. The van der Waals surface area contributed by atoms with Crippen LogP contribution < -0.4 is 10.2 Å². The normalized spacial score (nSPS) is 11.5. The van der Waals surface area contributed by atoms with Gasteiger partial charge in [0.2, 0.25) is 11.2 Å². The molecule has 3 aromatic carbocycles. The van der Waals surface area contributed by atoms with Crippen molar-refractivity contribution in [1.29, 1.82) is 0 Å². The van der Waals surface area contributed by atoms with Gasteiger partial charge in [-0.05, 0) is 49.1 Å². The van der Waals surface area contributed by atoms with Gasteiger partial charge in [0.1, 0.15) is 5.58 Å². The van der Waals surface area contributed by atoms with Crippen LogP contribution in [-0.4, -0.2) is 5.97 Å². The third-order valence-electron chi connectivity index (χ3n) is 5.47. The Balaban J connectivity index is 1.88. The highest BCUT2D eigenvalue weighted by atomic mass is 16.5. The van der Waals surface area contributed by atoms with Crippen LogP contribution >= 0.6 is 0 Å². The molecule has 0 spiro atoms. The number of benzene rings is 3. The van der Waals surface area contributed by atoms with E-state index in [-0.39, 0.29) is 22.4 Å². The molecule has 4 rings (SSSR count). The maximum atomic E-state index is 13.4. The van der Waals surface area contributed by atoms with Gasteiger partial charge in [-0.15, -0.1) is 0 Å². The Morgan fingerprint density at radius 3 is 2.22 bits per heavy atom. The van der Waals surface area contributed by atoms with Crippen LogP contribution in [0.4, 0.5) is 0 Å². The average molecular weight is 427 g/mol. The second-order valence-electron chi connectivity index (χ2n) is 9.18. The van der Waals surface area contributed by atoms with Gasteiger partial charge in [0.25, 0.3) is 0 Å². The largest absolute Gasteiger partial charge is 0.452 e. The molecule has 0 bridgehead atoms. The fourth-order valence-corrected chi connectivity index (χ4v) is 3.62. The number of carbonyl (C=O) groups excluding carboxylic acids is 1. The zero-order valence-corrected chi connectivity index (χ0v) is 19.0. The van der Waals surface area contributed by atoms with Crippen molar-refractivity contribution in [2.75, 3.05) is 0 Å². The summed E-state index contributed by atoms with van der Waals surface area (Å²) in [6.07, 6.45) is 0. The van der Waals surface area contributed by atoms with Crippen LogP contribution in [0.3, 0.4) is 0 Å². The van der Waals surface area contributed by atoms with Crippen LogP contribution in [-0.2, 0) is 5.41 Å². The van der Waals surface area contributed by atoms with Crippen molar-refractivity contribution < 1.29 is 13.9 Å². The quantitative estimate of drug-likeness (QED) is 0.347. The van der Waals surface area contributed by atoms with E-state index < -0.39 is 5.97 Å². The van der Waals surface area contributed by atoms with Gasteiger partial charge < -0.3 is 9.15 Å². The second-order valence-corrected chi connectivity index (χ2v) is 9.18. The van der Waals surface area contributed by atoms with E-state index in [1.165, 1.54) is 0 Å². The summed E-state index contributed by atoms with van der Waals surface area (Å²) in [5, 5.41) is 0.382. The summed E-state index contributed by atoms with van der Waals surface area (Å²) < 4.78 is 11.8. The SMILES string of the molecule is Cc1cccc(C(=O)Oc2c(-c3ccc(C(C)(C)C)cc3)oc3ccc(C)cc3c2=O)c1. The van der Waals surface area contributed by atoms with Crippen molar-refractivity contribution >= 4 is 16.9 Å². The number of rotatable bonds is 3. The molecule has 0 amide bonds. The highest BCUT2D eigenvalue weighted by Crippen LogP contribution is 2.33. The van der Waals surface area contributed by atoms with E-state index in [0.717, 1.165) is 16.7 Å². The lowest BCUT2D eigenvalue weighted by atomic mass is 9.86. The predicted octanol–water partition coefficient (Wildman–Crippen LogP) is 6.59. The number of ether oxygens (including phenoxy) is 1. The van der Waals surface area contributed by atoms with Gasteiger partial charge >= 0.3 is 5.97 Å². The lowest BCUT2D eigenvalue weighted by Crippen LogP contribution is -2.16. The molecular weight excluding hydrogens is 400 g/mol. The smallest absolute Gasteiger partial charge is 0.343 e. The Kier molecular flexibility index (Phi) is 5.47. The van der Waals surface area contributed by atoms with E-state index in [2.05, 4.69) is 20.8 Å². The molecular formula is C28H26O4. The molecule has 0 saturated heterocycles. The number of hydrogen-bond acceptors (Lipinski definition) is 4. The molecule has 0 fully saturated rings. The molecule has 1 heterocycles. The van der Waals surface area contributed by atoms with Crippen LogP contribution in [0.25, 0.3) is 22.3 Å². The fraction of sp³-hybridized carbons (Fsp3) is 0.214. The molecule has 162 valence electrons. The third-order valence-corrected chi connectivity index (χ3v) is 5.47. The topological polar surface area (TPSA) is 56.5 Å². The summed E-state index contributed by atoms with van der Waals surface area (Å²) in [5.41, 5.74) is 4.12. The maximum Gasteiger partial charge on any atom is 0.343 e. The zero-order chi connectivity index (χ0) is 23.0. The molecule has 0 aliphatic heterocycles. The Bertz CT molecular complexity index is 1370. The summed E-state index contributed by atoms with van der Waals surface area (Å²) in [7, 11) is 0. The highest BCUT2D eigenvalue weighted by molar-refractivity contribution is 5.93. The highest BCUT2D eigenvalue weighted by Gasteiger charge is 2.22. The van der Waals surface area contributed by atoms with E-state index in [9.17, 15) is 9.59 Å². The molecule has 4 heteroatoms. The summed E-state index contributed by atoms with van der Waals surface area (Å²) in [6, 6.07) is 20.3. The first kappa shape index (κ1) is 21.6. The minimum atomic E-state index is -0.597. The number of fused-ring (bicyclic) bond motifs is 1. The Hall–Kier alpha value is -3.66. The van der Waals surface area contributed by atoms with E-state index in [0.29, 0.717) is 22.1 Å². The molecule has 0 unspecified atom stereocenters. The number of esters is 1. The molecule has 0 N–H and O–H groups in total. The first-order valence-corrected chi connectivity index (χ1v) is 10.6. The Morgan fingerprint density at radius 1 is 0.875 bits per heavy atom. The van der Waals surface area contributed by atoms with Gasteiger partial charge in [0, 0.05) is 5.56 Å². The Labute approximate surface area is 187 Å². The summed E-state index contributed by atoms with van der Waals surface area (Å²) in [5.74, 6) is -0.452. The molecule has 32 heavy (non-hydrogen) atoms. The summed E-state index contributed by atoms with van der Waals surface area (Å²) in [6.45, 7) is 10.2. The van der Waals surface area contributed by atoms with Gasteiger partial charge in [0.15, 0.2) is 5.76 Å². The minimum Gasteiger partial charge on any atom is -0.452 e. The molecule has 4 nitrogen and oxygen atoms in total. The zero-order valence-electron chi connectivity index (χ0n) is 19.0. The van der Waals surface area contributed by atoms with Gasteiger partial charge in [-0.1, -0.05) is 74.4 Å².